The number of hydrogen-bond acceptors (Lipinski definition) is 4. The Morgan fingerprint density at radius 2 is 2.00 bits per heavy atom. The Morgan fingerprint density at radius 1 is 1.47 bits per heavy atom. The maximum absolute atomic E-state index is 10.7. The number of halogens is 1. The van der Waals surface area contributed by atoms with Crippen molar-refractivity contribution in [3.8, 4) is 5.75 Å². The van der Waals surface area contributed by atoms with Crippen molar-refractivity contribution in [2.24, 2.45) is 0 Å². The lowest BCUT2D eigenvalue weighted by molar-refractivity contribution is -0.384. The molecule has 0 aromatic heterocycles. The van der Waals surface area contributed by atoms with Crippen molar-refractivity contribution in [2.75, 3.05) is 0 Å². The van der Waals surface area contributed by atoms with E-state index in [1.807, 2.05) is 0 Å². The molecule has 0 aliphatic heterocycles. The quantitative estimate of drug-likeness (QED) is 0.451. The van der Waals surface area contributed by atoms with Crippen molar-refractivity contribution in [1.82, 2.24) is 0 Å². The van der Waals surface area contributed by atoms with Crippen LogP contribution in [0.4, 0.5) is 5.69 Å². The highest BCUT2D eigenvalue weighted by atomic mass is 35.5. The number of nitro benzene ring substituents is 1. The zero-order valence-corrected chi connectivity index (χ0v) is 8.60. The van der Waals surface area contributed by atoms with Gasteiger partial charge in [-0.25, -0.2) is 0 Å². The predicted octanol–water partition coefficient (Wildman–Crippen LogP) is 2.13. The van der Waals surface area contributed by atoms with Crippen LogP contribution in [0.5, 0.6) is 5.75 Å². The number of carbonyl (C=O) groups is 1. The van der Waals surface area contributed by atoms with Gasteiger partial charge in [0.05, 0.1) is 4.92 Å². The SMILES string of the molecule is C[C@@H](Oc1ccc([N+](=O)[O-])cc1)C(=O)Cl. The van der Waals surface area contributed by atoms with Crippen molar-refractivity contribution >= 4 is 22.5 Å². The number of rotatable bonds is 4. The molecule has 0 saturated heterocycles. The van der Waals surface area contributed by atoms with Crippen LogP contribution in [0, 0.1) is 10.1 Å². The highest BCUT2D eigenvalue weighted by Crippen LogP contribution is 2.18. The molecule has 1 rings (SSSR count). The standard InChI is InChI=1S/C9H8ClNO4/c1-6(9(10)12)15-8-4-2-7(3-5-8)11(13)14/h2-6H,1H3/t6-/m1/s1. The molecule has 5 nitrogen and oxygen atoms in total. The van der Waals surface area contributed by atoms with Gasteiger partial charge in [-0.15, -0.1) is 0 Å². The maximum Gasteiger partial charge on any atom is 0.269 e. The second kappa shape index (κ2) is 4.75. The fourth-order valence-electron chi connectivity index (χ4n) is 0.897. The first kappa shape index (κ1) is 11.5. The normalized spacial score (nSPS) is 11.9. The molecule has 0 heterocycles. The summed E-state index contributed by atoms with van der Waals surface area (Å²) >= 11 is 5.19. The minimum absolute atomic E-state index is 0.0350. The van der Waals surface area contributed by atoms with E-state index in [4.69, 9.17) is 16.3 Å². The first-order valence-electron chi connectivity index (χ1n) is 4.11. The van der Waals surface area contributed by atoms with Gasteiger partial charge in [0, 0.05) is 12.1 Å². The van der Waals surface area contributed by atoms with Crippen LogP contribution in [0.2, 0.25) is 0 Å². The molecular formula is C9H8ClNO4. The molecule has 1 atom stereocenters. The predicted molar refractivity (Wildman–Crippen MR) is 54.0 cm³/mol. The second-order valence-corrected chi connectivity index (χ2v) is 3.19. The first-order valence-corrected chi connectivity index (χ1v) is 4.49. The minimum atomic E-state index is -0.770. The molecule has 0 unspecified atom stereocenters. The molecule has 6 heteroatoms. The first-order chi connectivity index (χ1) is 7.00. The van der Waals surface area contributed by atoms with Crippen molar-refractivity contribution in [3.63, 3.8) is 0 Å². The second-order valence-electron chi connectivity index (χ2n) is 2.82. The van der Waals surface area contributed by atoms with Gasteiger partial charge in [0.2, 0.25) is 0 Å². The molecule has 0 radical (unpaired) electrons. The molecule has 0 saturated carbocycles. The largest absolute Gasteiger partial charge is 0.482 e. The molecule has 0 amide bonds. The number of ether oxygens (including phenoxy) is 1. The Kier molecular flexibility index (Phi) is 3.62. The van der Waals surface area contributed by atoms with Gasteiger partial charge in [-0.3, -0.25) is 14.9 Å². The summed E-state index contributed by atoms with van der Waals surface area (Å²) in [6.07, 6.45) is -0.770. The van der Waals surface area contributed by atoms with E-state index in [1.165, 1.54) is 31.2 Å². The average Bonchev–Trinajstić information content (AvgIpc) is 2.18. The number of nitro groups is 1. The van der Waals surface area contributed by atoms with E-state index < -0.39 is 16.3 Å². The summed E-state index contributed by atoms with van der Waals surface area (Å²) in [6, 6.07) is 5.41. The van der Waals surface area contributed by atoms with Crippen LogP contribution in [0.3, 0.4) is 0 Å². The van der Waals surface area contributed by atoms with Gasteiger partial charge in [0.1, 0.15) is 5.75 Å². The lowest BCUT2D eigenvalue weighted by atomic mass is 10.3. The summed E-state index contributed by atoms with van der Waals surface area (Å²) in [5, 5.41) is 9.71. The molecule has 0 bridgehead atoms. The number of non-ortho nitro benzene ring substituents is 1. The monoisotopic (exact) mass is 229 g/mol. The molecule has 1 aromatic rings. The topological polar surface area (TPSA) is 69.4 Å². The zero-order chi connectivity index (χ0) is 11.4. The fraction of sp³-hybridized carbons (Fsp3) is 0.222. The number of benzene rings is 1. The van der Waals surface area contributed by atoms with Crippen molar-refractivity contribution < 1.29 is 14.5 Å². The highest BCUT2D eigenvalue weighted by molar-refractivity contribution is 6.64. The molecule has 80 valence electrons. The maximum atomic E-state index is 10.7. The summed E-state index contributed by atoms with van der Waals surface area (Å²) in [5.74, 6) is 0.363. The molecule has 0 spiro atoms. The van der Waals surface area contributed by atoms with Crippen LogP contribution < -0.4 is 4.74 Å². The fourth-order valence-corrected chi connectivity index (χ4v) is 0.941. The third-order valence-electron chi connectivity index (χ3n) is 1.68. The molecule has 1 aromatic carbocycles. The molecule has 0 fully saturated rings. The summed E-state index contributed by atoms with van der Waals surface area (Å²) < 4.78 is 5.11. The third-order valence-corrected chi connectivity index (χ3v) is 1.99. The van der Waals surface area contributed by atoms with Crippen LogP contribution in [0.15, 0.2) is 24.3 Å². The Bertz CT molecular complexity index is 376. The molecule has 0 aliphatic carbocycles. The van der Waals surface area contributed by atoms with Crippen LogP contribution >= 0.6 is 11.6 Å². The Labute approximate surface area is 90.8 Å². The van der Waals surface area contributed by atoms with E-state index >= 15 is 0 Å². The van der Waals surface area contributed by atoms with E-state index in [1.54, 1.807) is 0 Å². The lowest BCUT2D eigenvalue weighted by Crippen LogP contribution is -2.18. The zero-order valence-electron chi connectivity index (χ0n) is 7.84. The van der Waals surface area contributed by atoms with Gasteiger partial charge in [-0.1, -0.05) is 0 Å². The smallest absolute Gasteiger partial charge is 0.269 e. The van der Waals surface area contributed by atoms with Crippen molar-refractivity contribution in [3.05, 3.63) is 34.4 Å². The van der Waals surface area contributed by atoms with Gasteiger partial charge in [0.15, 0.2) is 6.10 Å². The Hall–Kier alpha value is -1.62. The van der Waals surface area contributed by atoms with Crippen molar-refractivity contribution in [2.45, 2.75) is 13.0 Å². The summed E-state index contributed by atoms with van der Waals surface area (Å²) in [5.41, 5.74) is -0.0350. The van der Waals surface area contributed by atoms with Crippen LogP contribution in [0.1, 0.15) is 6.92 Å². The minimum Gasteiger partial charge on any atom is -0.482 e. The highest BCUT2D eigenvalue weighted by Gasteiger charge is 2.12. The van der Waals surface area contributed by atoms with Crippen LogP contribution in [0.25, 0.3) is 0 Å². The Morgan fingerprint density at radius 3 is 2.40 bits per heavy atom. The lowest BCUT2D eigenvalue weighted by Gasteiger charge is -2.09. The summed E-state index contributed by atoms with van der Waals surface area (Å²) in [4.78, 5) is 20.5. The molecular weight excluding hydrogens is 222 g/mol. The molecule has 0 aliphatic rings. The van der Waals surface area contributed by atoms with Crippen molar-refractivity contribution in [1.29, 1.82) is 0 Å². The molecule has 15 heavy (non-hydrogen) atoms. The van der Waals surface area contributed by atoms with Gasteiger partial charge in [0.25, 0.3) is 10.9 Å². The number of nitrogens with zero attached hydrogens (tertiary/aromatic N) is 1. The van der Waals surface area contributed by atoms with Gasteiger partial charge >= 0.3 is 0 Å². The average molecular weight is 230 g/mol. The van der Waals surface area contributed by atoms with E-state index in [-0.39, 0.29) is 5.69 Å². The number of hydrogen-bond donors (Lipinski definition) is 0. The number of carbonyl (C=O) groups excluding carboxylic acids is 1. The van der Waals surface area contributed by atoms with Crippen LogP contribution in [-0.4, -0.2) is 16.3 Å². The molecule has 0 N–H and O–H groups in total. The van der Waals surface area contributed by atoms with Crippen LogP contribution in [-0.2, 0) is 4.79 Å². The summed E-state index contributed by atoms with van der Waals surface area (Å²) in [6.45, 7) is 1.50. The Balaban J connectivity index is 2.72. The third kappa shape index (κ3) is 3.21. The van der Waals surface area contributed by atoms with E-state index in [2.05, 4.69) is 0 Å². The summed E-state index contributed by atoms with van der Waals surface area (Å²) in [7, 11) is 0. The van der Waals surface area contributed by atoms with E-state index in [9.17, 15) is 14.9 Å². The van der Waals surface area contributed by atoms with Gasteiger partial charge in [-0.05, 0) is 30.7 Å². The van der Waals surface area contributed by atoms with E-state index in [0.717, 1.165) is 0 Å². The van der Waals surface area contributed by atoms with E-state index in [0.29, 0.717) is 5.75 Å². The van der Waals surface area contributed by atoms with Gasteiger partial charge < -0.3 is 4.74 Å². The van der Waals surface area contributed by atoms with Gasteiger partial charge in [-0.2, -0.15) is 0 Å².